The van der Waals surface area contributed by atoms with Gasteiger partial charge in [-0.15, -0.1) is 0 Å². The van der Waals surface area contributed by atoms with Gasteiger partial charge in [-0.05, 0) is 18.9 Å². The number of nitrogens with one attached hydrogen (secondary N) is 2. The van der Waals surface area contributed by atoms with Gasteiger partial charge in [-0.25, -0.2) is 0 Å². The first-order valence-corrected chi connectivity index (χ1v) is 7.35. The summed E-state index contributed by atoms with van der Waals surface area (Å²) >= 11 is 0. The molecule has 112 valence electrons. The minimum absolute atomic E-state index is 0.205. The number of carbonyl (C=O) groups is 1. The van der Waals surface area contributed by atoms with E-state index in [2.05, 4.69) is 25.7 Å². The lowest BCUT2D eigenvalue weighted by Gasteiger charge is -2.00. The van der Waals surface area contributed by atoms with E-state index in [9.17, 15) is 4.79 Å². The van der Waals surface area contributed by atoms with Crippen molar-refractivity contribution in [3.8, 4) is 0 Å². The van der Waals surface area contributed by atoms with Crippen LogP contribution >= 0.6 is 0 Å². The van der Waals surface area contributed by atoms with Crippen LogP contribution in [0.3, 0.4) is 0 Å². The third-order valence-electron chi connectivity index (χ3n) is 3.73. The van der Waals surface area contributed by atoms with Gasteiger partial charge in [0.05, 0.1) is 5.52 Å². The summed E-state index contributed by atoms with van der Waals surface area (Å²) in [5.41, 5.74) is 1.25. The van der Waals surface area contributed by atoms with E-state index in [0.29, 0.717) is 30.4 Å². The number of carbonyl (C=O) groups excluding carboxylic acids is 1. The Morgan fingerprint density at radius 2 is 2.23 bits per heavy atom. The molecule has 7 heteroatoms. The van der Waals surface area contributed by atoms with Gasteiger partial charge in [0.1, 0.15) is 0 Å². The molecule has 0 saturated heterocycles. The van der Waals surface area contributed by atoms with Crippen molar-refractivity contribution in [3.63, 3.8) is 0 Å². The second-order valence-electron chi connectivity index (χ2n) is 5.45. The van der Waals surface area contributed by atoms with Gasteiger partial charge in [0.15, 0.2) is 11.5 Å². The van der Waals surface area contributed by atoms with Crippen molar-refractivity contribution in [2.24, 2.45) is 0 Å². The number of benzene rings is 1. The number of nitrogens with zero attached hydrogens (tertiary/aromatic N) is 3. The molecule has 2 N–H and O–H groups in total. The smallest absolute Gasteiger partial charge is 0.272 e. The molecule has 0 spiro atoms. The van der Waals surface area contributed by atoms with Gasteiger partial charge < -0.3 is 9.84 Å². The van der Waals surface area contributed by atoms with E-state index < -0.39 is 0 Å². The molecule has 0 radical (unpaired) electrons. The molecule has 7 nitrogen and oxygen atoms in total. The summed E-state index contributed by atoms with van der Waals surface area (Å²) in [6.07, 6.45) is 2.81. The summed E-state index contributed by atoms with van der Waals surface area (Å²) < 4.78 is 5.18. The van der Waals surface area contributed by atoms with Gasteiger partial charge in [0.2, 0.25) is 5.89 Å². The number of amides is 1. The Bertz CT molecular complexity index is 818. The lowest BCUT2D eigenvalue weighted by atomic mass is 10.2. The summed E-state index contributed by atoms with van der Waals surface area (Å²) in [5, 5.41) is 14.5. The molecule has 22 heavy (non-hydrogen) atoms. The van der Waals surface area contributed by atoms with Crippen LogP contribution < -0.4 is 5.32 Å². The Kier molecular flexibility index (Phi) is 3.10. The van der Waals surface area contributed by atoms with Crippen LogP contribution in [0.2, 0.25) is 0 Å². The zero-order valence-electron chi connectivity index (χ0n) is 11.9. The Balaban J connectivity index is 1.37. The Hall–Kier alpha value is -2.70. The molecule has 1 amide bonds. The number of fused-ring (bicyclic) bond motifs is 1. The highest BCUT2D eigenvalue weighted by atomic mass is 16.5. The van der Waals surface area contributed by atoms with Crippen molar-refractivity contribution in [2.75, 3.05) is 6.54 Å². The van der Waals surface area contributed by atoms with Crippen LogP contribution in [-0.2, 0) is 6.42 Å². The van der Waals surface area contributed by atoms with E-state index in [1.807, 2.05) is 24.3 Å². The average molecular weight is 297 g/mol. The maximum atomic E-state index is 12.2. The summed E-state index contributed by atoms with van der Waals surface area (Å²) in [6, 6.07) is 7.54. The average Bonchev–Trinajstić information content (AvgIpc) is 3.12. The molecule has 0 aliphatic heterocycles. The van der Waals surface area contributed by atoms with Gasteiger partial charge in [-0.2, -0.15) is 10.1 Å². The fourth-order valence-corrected chi connectivity index (χ4v) is 2.37. The Labute approximate surface area is 126 Å². The molecule has 4 rings (SSSR count). The summed E-state index contributed by atoms with van der Waals surface area (Å²) in [6.45, 7) is 0.448. The maximum absolute atomic E-state index is 12.2. The first-order chi connectivity index (χ1) is 10.8. The van der Waals surface area contributed by atoms with E-state index >= 15 is 0 Å². The number of aromatic nitrogens is 4. The molecule has 2 heterocycles. The third kappa shape index (κ3) is 2.45. The van der Waals surface area contributed by atoms with Gasteiger partial charge in [-0.3, -0.25) is 9.89 Å². The first-order valence-electron chi connectivity index (χ1n) is 7.35. The van der Waals surface area contributed by atoms with Crippen LogP contribution in [0, 0.1) is 0 Å². The number of hydrogen-bond donors (Lipinski definition) is 2. The zero-order chi connectivity index (χ0) is 14.9. The number of aromatic amines is 1. The van der Waals surface area contributed by atoms with Crippen molar-refractivity contribution >= 4 is 16.8 Å². The molecule has 1 fully saturated rings. The minimum atomic E-state index is -0.205. The Morgan fingerprint density at radius 3 is 3.09 bits per heavy atom. The van der Waals surface area contributed by atoms with E-state index in [1.54, 1.807) is 0 Å². The highest BCUT2D eigenvalue weighted by Crippen LogP contribution is 2.38. The molecule has 1 aliphatic carbocycles. The van der Waals surface area contributed by atoms with Crippen LogP contribution in [0.1, 0.15) is 41.0 Å². The fourth-order valence-electron chi connectivity index (χ4n) is 2.37. The highest BCUT2D eigenvalue weighted by Gasteiger charge is 2.29. The molecular weight excluding hydrogens is 282 g/mol. The van der Waals surface area contributed by atoms with Gasteiger partial charge in [0, 0.05) is 24.3 Å². The third-order valence-corrected chi connectivity index (χ3v) is 3.73. The number of rotatable bonds is 5. The lowest BCUT2D eigenvalue weighted by Crippen LogP contribution is -2.26. The predicted molar refractivity (Wildman–Crippen MR) is 78.4 cm³/mol. The number of hydrogen-bond acceptors (Lipinski definition) is 5. The van der Waals surface area contributed by atoms with Crippen molar-refractivity contribution in [3.05, 3.63) is 41.7 Å². The van der Waals surface area contributed by atoms with Crippen LogP contribution in [0.4, 0.5) is 0 Å². The van der Waals surface area contributed by atoms with E-state index in [4.69, 9.17) is 4.52 Å². The Morgan fingerprint density at radius 1 is 1.36 bits per heavy atom. The second kappa shape index (κ2) is 5.25. The van der Waals surface area contributed by atoms with Gasteiger partial charge >= 0.3 is 0 Å². The van der Waals surface area contributed by atoms with Crippen molar-refractivity contribution in [1.29, 1.82) is 0 Å². The highest BCUT2D eigenvalue weighted by molar-refractivity contribution is 6.04. The van der Waals surface area contributed by atoms with E-state index in [0.717, 1.165) is 29.6 Å². The van der Waals surface area contributed by atoms with Crippen molar-refractivity contribution in [2.45, 2.75) is 25.2 Å². The lowest BCUT2D eigenvalue weighted by molar-refractivity contribution is 0.0950. The predicted octanol–water partition coefficient (Wildman–Crippen LogP) is 1.80. The molecule has 0 bridgehead atoms. The maximum Gasteiger partial charge on any atom is 0.272 e. The summed E-state index contributed by atoms with van der Waals surface area (Å²) in [5.74, 6) is 1.60. The molecular formula is C15H15N5O2. The molecule has 1 aliphatic rings. The molecule has 3 aromatic rings. The van der Waals surface area contributed by atoms with Gasteiger partial charge in [0.25, 0.3) is 5.91 Å². The molecule has 1 saturated carbocycles. The molecule has 0 unspecified atom stereocenters. The largest absolute Gasteiger partial charge is 0.350 e. The molecule has 1 aromatic carbocycles. The normalized spacial score (nSPS) is 14.4. The van der Waals surface area contributed by atoms with Crippen LogP contribution in [0.15, 0.2) is 28.8 Å². The van der Waals surface area contributed by atoms with Crippen molar-refractivity contribution < 1.29 is 9.32 Å². The first kappa shape index (κ1) is 13.0. The van der Waals surface area contributed by atoms with Crippen LogP contribution in [0.25, 0.3) is 10.9 Å². The van der Waals surface area contributed by atoms with Gasteiger partial charge in [-0.1, -0.05) is 23.4 Å². The minimum Gasteiger partial charge on any atom is -0.350 e. The zero-order valence-corrected chi connectivity index (χ0v) is 11.9. The van der Waals surface area contributed by atoms with Crippen LogP contribution in [-0.4, -0.2) is 32.8 Å². The van der Waals surface area contributed by atoms with E-state index in [1.165, 1.54) is 0 Å². The summed E-state index contributed by atoms with van der Waals surface area (Å²) in [4.78, 5) is 16.5. The SMILES string of the molecule is O=C(NCCc1noc(C2CC2)n1)c1n[nH]c2ccccc12. The monoisotopic (exact) mass is 297 g/mol. The molecule has 2 aromatic heterocycles. The standard InChI is InChI=1S/C15H15N5O2/c21-14(13-10-3-1-2-4-11(10)18-19-13)16-8-7-12-17-15(22-20-12)9-5-6-9/h1-4,9H,5-8H2,(H,16,21)(H,18,19). The summed E-state index contributed by atoms with van der Waals surface area (Å²) in [7, 11) is 0. The van der Waals surface area contributed by atoms with Crippen LogP contribution in [0.5, 0.6) is 0 Å². The number of para-hydroxylation sites is 1. The fraction of sp³-hybridized carbons (Fsp3) is 0.333. The second-order valence-corrected chi connectivity index (χ2v) is 5.45. The molecule has 0 atom stereocenters. The van der Waals surface area contributed by atoms with E-state index in [-0.39, 0.29) is 5.91 Å². The van der Waals surface area contributed by atoms with Crippen molar-refractivity contribution in [1.82, 2.24) is 25.7 Å². The quantitative estimate of drug-likeness (QED) is 0.748. The topological polar surface area (TPSA) is 96.7 Å². The number of H-pyrrole nitrogens is 1.